The third-order valence-corrected chi connectivity index (χ3v) is 2.71. The van der Waals surface area contributed by atoms with Crippen molar-refractivity contribution in [3.8, 4) is 0 Å². The van der Waals surface area contributed by atoms with Gasteiger partial charge in [0.2, 0.25) is 5.91 Å². The van der Waals surface area contributed by atoms with Gasteiger partial charge in [0.25, 0.3) is 0 Å². The van der Waals surface area contributed by atoms with Crippen LogP contribution in [0.5, 0.6) is 0 Å². The fraction of sp³-hybridized carbons (Fsp3) is 0.889. The average Bonchev–Trinajstić information content (AvgIpc) is 2.56. The first-order chi connectivity index (χ1) is 6.38. The number of rotatable bonds is 1. The van der Waals surface area contributed by atoms with E-state index < -0.39 is 0 Å². The van der Waals surface area contributed by atoms with Crippen molar-refractivity contribution in [1.82, 2.24) is 10.2 Å². The minimum absolute atomic E-state index is 0.278. The van der Waals surface area contributed by atoms with Crippen molar-refractivity contribution in [2.24, 2.45) is 0 Å². The van der Waals surface area contributed by atoms with Gasteiger partial charge in [0, 0.05) is 32.7 Å². The molecule has 2 aliphatic heterocycles. The van der Waals surface area contributed by atoms with E-state index in [1.54, 1.807) is 0 Å². The van der Waals surface area contributed by atoms with E-state index in [0.717, 1.165) is 39.3 Å². The van der Waals surface area contributed by atoms with Crippen molar-refractivity contribution in [3.63, 3.8) is 0 Å². The molecule has 4 nitrogen and oxygen atoms in total. The van der Waals surface area contributed by atoms with Gasteiger partial charge in [-0.25, -0.2) is 0 Å². The van der Waals surface area contributed by atoms with Crippen molar-refractivity contribution in [1.29, 1.82) is 0 Å². The van der Waals surface area contributed by atoms with Gasteiger partial charge in [0.1, 0.15) is 0 Å². The van der Waals surface area contributed by atoms with E-state index in [2.05, 4.69) is 5.32 Å². The zero-order chi connectivity index (χ0) is 9.10. The molecule has 2 rings (SSSR count). The molecular weight excluding hydrogens is 168 g/mol. The van der Waals surface area contributed by atoms with Crippen molar-refractivity contribution < 1.29 is 9.53 Å². The van der Waals surface area contributed by atoms with E-state index >= 15 is 0 Å². The summed E-state index contributed by atoms with van der Waals surface area (Å²) in [6.07, 6.45) is 1.64. The molecular formula is C9H16N2O2. The lowest BCUT2D eigenvalue weighted by Crippen LogP contribution is -2.41. The number of ether oxygens (including phenoxy) is 1. The molecule has 1 amide bonds. The monoisotopic (exact) mass is 184 g/mol. The van der Waals surface area contributed by atoms with Crippen LogP contribution in [0.25, 0.3) is 0 Å². The van der Waals surface area contributed by atoms with E-state index in [9.17, 15) is 4.79 Å². The second kappa shape index (κ2) is 4.07. The maximum absolute atomic E-state index is 11.6. The van der Waals surface area contributed by atoms with Crippen molar-refractivity contribution in [2.75, 3.05) is 32.8 Å². The predicted molar refractivity (Wildman–Crippen MR) is 48.4 cm³/mol. The first-order valence-corrected chi connectivity index (χ1v) is 4.96. The molecule has 13 heavy (non-hydrogen) atoms. The molecule has 2 heterocycles. The maximum atomic E-state index is 11.6. The summed E-state index contributed by atoms with van der Waals surface area (Å²) in [5.41, 5.74) is 0. The van der Waals surface area contributed by atoms with Gasteiger partial charge in [-0.1, -0.05) is 0 Å². The summed E-state index contributed by atoms with van der Waals surface area (Å²) in [5.74, 6) is 0.278. The molecule has 2 aliphatic rings. The first kappa shape index (κ1) is 8.97. The third-order valence-electron chi connectivity index (χ3n) is 2.71. The van der Waals surface area contributed by atoms with E-state index in [0.29, 0.717) is 12.5 Å². The highest BCUT2D eigenvalue weighted by atomic mass is 16.5. The number of carbonyl (C=O) groups excluding carboxylic acids is 1. The van der Waals surface area contributed by atoms with Crippen LogP contribution in [0.3, 0.4) is 0 Å². The number of amides is 1. The van der Waals surface area contributed by atoms with Crippen LogP contribution in [-0.4, -0.2) is 49.7 Å². The van der Waals surface area contributed by atoms with Crippen LogP contribution < -0.4 is 5.32 Å². The van der Waals surface area contributed by atoms with Crippen LogP contribution in [0.2, 0.25) is 0 Å². The van der Waals surface area contributed by atoms with Gasteiger partial charge in [0.05, 0.1) is 12.6 Å². The Morgan fingerprint density at radius 2 is 2.38 bits per heavy atom. The quantitative estimate of drug-likeness (QED) is 0.603. The molecule has 0 aromatic heterocycles. The number of nitrogens with one attached hydrogen (secondary N) is 1. The SMILES string of the molecule is O=C1CCNCCN1C1CCOC1. The Hall–Kier alpha value is -0.610. The largest absolute Gasteiger partial charge is 0.379 e. The van der Waals surface area contributed by atoms with Crippen LogP contribution in [0.15, 0.2) is 0 Å². The molecule has 0 bridgehead atoms. The molecule has 0 spiro atoms. The second-order valence-electron chi connectivity index (χ2n) is 3.60. The lowest BCUT2D eigenvalue weighted by atomic mass is 10.2. The highest BCUT2D eigenvalue weighted by molar-refractivity contribution is 5.77. The molecule has 1 N–H and O–H groups in total. The molecule has 2 fully saturated rings. The second-order valence-corrected chi connectivity index (χ2v) is 3.60. The number of hydrogen-bond acceptors (Lipinski definition) is 3. The maximum Gasteiger partial charge on any atom is 0.224 e. The fourth-order valence-corrected chi connectivity index (χ4v) is 1.94. The van der Waals surface area contributed by atoms with Crippen molar-refractivity contribution >= 4 is 5.91 Å². The lowest BCUT2D eigenvalue weighted by Gasteiger charge is -2.25. The van der Waals surface area contributed by atoms with E-state index in [1.807, 2.05) is 4.90 Å². The molecule has 1 atom stereocenters. The molecule has 1 unspecified atom stereocenters. The molecule has 0 saturated carbocycles. The van der Waals surface area contributed by atoms with E-state index in [1.165, 1.54) is 0 Å². The highest BCUT2D eigenvalue weighted by Crippen LogP contribution is 2.13. The van der Waals surface area contributed by atoms with Gasteiger partial charge in [-0.3, -0.25) is 4.79 Å². The number of hydrogen-bond donors (Lipinski definition) is 1. The van der Waals surface area contributed by atoms with Gasteiger partial charge in [-0.15, -0.1) is 0 Å². The van der Waals surface area contributed by atoms with E-state index in [-0.39, 0.29) is 5.91 Å². The van der Waals surface area contributed by atoms with Crippen LogP contribution in [0.1, 0.15) is 12.8 Å². The Labute approximate surface area is 78.2 Å². The van der Waals surface area contributed by atoms with Gasteiger partial charge in [-0.05, 0) is 6.42 Å². The summed E-state index contributed by atoms with van der Waals surface area (Å²) in [6, 6.07) is 0.340. The van der Waals surface area contributed by atoms with E-state index in [4.69, 9.17) is 4.74 Å². The predicted octanol–water partition coefficient (Wildman–Crippen LogP) is -0.403. The summed E-state index contributed by atoms with van der Waals surface area (Å²) < 4.78 is 5.29. The van der Waals surface area contributed by atoms with Gasteiger partial charge in [0.15, 0.2) is 0 Å². The molecule has 0 aromatic carbocycles. The van der Waals surface area contributed by atoms with Gasteiger partial charge in [-0.2, -0.15) is 0 Å². The zero-order valence-electron chi connectivity index (χ0n) is 7.79. The topological polar surface area (TPSA) is 41.6 Å². The summed E-state index contributed by atoms with van der Waals surface area (Å²) in [6.45, 7) is 4.12. The van der Waals surface area contributed by atoms with Crippen molar-refractivity contribution in [3.05, 3.63) is 0 Å². The fourth-order valence-electron chi connectivity index (χ4n) is 1.94. The Bertz CT molecular complexity index is 190. The molecule has 0 aromatic rings. The normalized spacial score (nSPS) is 30.6. The average molecular weight is 184 g/mol. The third kappa shape index (κ3) is 2.00. The Morgan fingerprint density at radius 1 is 1.46 bits per heavy atom. The summed E-state index contributed by atoms with van der Waals surface area (Å²) in [5, 5.41) is 3.23. The summed E-state index contributed by atoms with van der Waals surface area (Å²) >= 11 is 0. The van der Waals surface area contributed by atoms with Crippen LogP contribution in [0, 0.1) is 0 Å². The highest BCUT2D eigenvalue weighted by Gasteiger charge is 2.27. The molecule has 4 heteroatoms. The van der Waals surface area contributed by atoms with Crippen LogP contribution >= 0.6 is 0 Å². The standard InChI is InChI=1S/C9H16N2O2/c12-9-1-3-10-4-5-11(9)8-2-6-13-7-8/h8,10H,1-7H2. The number of carbonyl (C=O) groups is 1. The Balaban J connectivity index is 1.97. The lowest BCUT2D eigenvalue weighted by molar-refractivity contribution is -0.132. The first-order valence-electron chi connectivity index (χ1n) is 4.96. The molecule has 74 valence electrons. The summed E-state index contributed by atoms with van der Waals surface area (Å²) in [4.78, 5) is 13.6. The molecule has 2 saturated heterocycles. The summed E-state index contributed by atoms with van der Waals surface area (Å²) in [7, 11) is 0. The zero-order valence-corrected chi connectivity index (χ0v) is 7.79. The van der Waals surface area contributed by atoms with Crippen LogP contribution in [-0.2, 0) is 9.53 Å². The Kier molecular flexibility index (Phi) is 2.80. The minimum atomic E-state index is 0.278. The van der Waals surface area contributed by atoms with Gasteiger partial charge >= 0.3 is 0 Å². The molecule has 0 aliphatic carbocycles. The Morgan fingerprint density at radius 3 is 3.15 bits per heavy atom. The number of nitrogens with zero attached hydrogens (tertiary/aromatic N) is 1. The van der Waals surface area contributed by atoms with Crippen LogP contribution in [0.4, 0.5) is 0 Å². The smallest absolute Gasteiger partial charge is 0.224 e. The minimum Gasteiger partial charge on any atom is -0.379 e. The van der Waals surface area contributed by atoms with Crippen molar-refractivity contribution in [2.45, 2.75) is 18.9 Å². The van der Waals surface area contributed by atoms with Gasteiger partial charge < -0.3 is 15.0 Å². The molecule has 0 radical (unpaired) electrons.